The molecule has 1 N–H and O–H groups in total. The molecule has 1 aromatic carbocycles. The minimum atomic E-state index is -0.508. The number of hydrogen-bond acceptors (Lipinski definition) is 3. The number of ether oxygens (including phenoxy) is 2. The Morgan fingerprint density at radius 3 is 2.50 bits per heavy atom. The van der Waals surface area contributed by atoms with Gasteiger partial charge in [0.25, 0.3) is 0 Å². The topological polar surface area (TPSA) is 47.6 Å². The lowest BCUT2D eigenvalue weighted by Crippen LogP contribution is -2.39. The lowest BCUT2D eigenvalue weighted by molar-refractivity contribution is 0.0514. The van der Waals surface area contributed by atoms with E-state index in [0.29, 0.717) is 6.42 Å². The van der Waals surface area contributed by atoms with Crippen LogP contribution in [0.25, 0.3) is 0 Å². The smallest absolute Gasteiger partial charge is 0.408 e. The van der Waals surface area contributed by atoms with Crippen molar-refractivity contribution in [2.24, 2.45) is 0 Å². The lowest BCUT2D eigenvalue weighted by atomic mass is 10.1. The van der Waals surface area contributed by atoms with Gasteiger partial charge in [0.2, 0.25) is 0 Å². The monoisotopic (exact) mass is 277 g/mol. The van der Waals surface area contributed by atoms with Crippen LogP contribution in [0.5, 0.6) is 0 Å². The van der Waals surface area contributed by atoms with E-state index in [1.54, 1.807) is 19.4 Å². The Kier molecular flexibility index (Phi) is 6.10. The first-order valence-corrected chi connectivity index (χ1v) is 6.63. The molecule has 0 spiro atoms. The van der Waals surface area contributed by atoms with Gasteiger partial charge in [-0.2, -0.15) is 0 Å². The predicted molar refractivity (Wildman–Crippen MR) is 79.5 cm³/mol. The maximum Gasteiger partial charge on any atom is 0.408 e. The van der Waals surface area contributed by atoms with E-state index >= 15 is 0 Å². The molecule has 0 saturated heterocycles. The minimum absolute atomic E-state index is 0.174. The molecule has 0 aliphatic carbocycles. The van der Waals surface area contributed by atoms with Gasteiger partial charge in [-0.3, -0.25) is 0 Å². The summed E-state index contributed by atoms with van der Waals surface area (Å²) < 4.78 is 10.2. The zero-order chi connectivity index (χ0) is 15.0. The fraction of sp³-hybridized carbons (Fsp3) is 0.438. The number of rotatable bonds is 5. The van der Waals surface area contributed by atoms with Crippen molar-refractivity contribution in [3.63, 3.8) is 0 Å². The van der Waals surface area contributed by atoms with Crippen LogP contribution < -0.4 is 5.32 Å². The molecular formula is C16H23NO3. The van der Waals surface area contributed by atoms with Crippen LogP contribution in [-0.4, -0.2) is 24.8 Å². The van der Waals surface area contributed by atoms with Gasteiger partial charge < -0.3 is 14.8 Å². The average Bonchev–Trinajstić information content (AvgIpc) is 2.35. The first kappa shape index (κ1) is 16.1. The van der Waals surface area contributed by atoms with Crippen LogP contribution in [0.15, 0.2) is 42.7 Å². The molecule has 0 fully saturated rings. The van der Waals surface area contributed by atoms with Crippen LogP contribution in [-0.2, 0) is 15.9 Å². The number of methoxy groups -OCH3 is 1. The summed E-state index contributed by atoms with van der Waals surface area (Å²) in [4.78, 5) is 11.8. The zero-order valence-electron chi connectivity index (χ0n) is 12.6. The molecule has 110 valence electrons. The Balaban J connectivity index is 2.65. The Hall–Kier alpha value is -1.97. The number of benzene rings is 1. The summed E-state index contributed by atoms with van der Waals surface area (Å²) in [5, 5.41) is 2.83. The van der Waals surface area contributed by atoms with E-state index in [2.05, 4.69) is 5.32 Å². The van der Waals surface area contributed by atoms with Crippen molar-refractivity contribution in [3.05, 3.63) is 48.2 Å². The molecule has 0 saturated carbocycles. The zero-order valence-corrected chi connectivity index (χ0v) is 12.6. The number of hydrogen-bond donors (Lipinski definition) is 1. The third-order valence-electron chi connectivity index (χ3n) is 2.45. The molecule has 4 heteroatoms. The fourth-order valence-electron chi connectivity index (χ4n) is 1.67. The molecule has 0 aromatic heterocycles. The third-order valence-corrected chi connectivity index (χ3v) is 2.45. The summed E-state index contributed by atoms with van der Waals surface area (Å²) in [6.07, 6.45) is 3.61. The molecule has 1 atom stereocenters. The maximum absolute atomic E-state index is 11.8. The summed E-state index contributed by atoms with van der Waals surface area (Å²) in [5.41, 5.74) is 0.626. The Labute approximate surface area is 120 Å². The first-order valence-electron chi connectivity index (χ1n) is 6.63. The first-order chi connectivity index (χ1) is 9.40. The minimum Gasteiger partial charge on any atom is -0.505 e. The molecular weight excluding hydrogens is 254 g/mol. The molecule has 4 nitrogen and oxygen atoms in total. The van der Waals surface area contributed by atoms with Crippen LogP contribution >= 0.6 is 0 Å². The number of carbonyl (C=O) groups excluding carboxylic acids is 1. The predicted octanol–water partition coefficient (Wildman–Crippen LogP) is 3.28. The summed E-state index contributed by atoms with van der Waals surface area (Å²) in [7, 11) is 1.57. The molecule has 0 heterocycles. The SMILES string of the molecule is CO/C=C\[C@H](Cc1ccccc1)NC(=O)OC(C)(C)C. The highest BCUT2D eigenvalue weighted by atomic mass is 16.6. The van der Waals surface area contributed by atoms with Crippen molar-refractivity contribution < 1.29 is 14.3 Å². The molecule has 20 heavy (non-hydrogen) atoms. The van der Waals surface area contributed by atoms with Crippen molar-refractivity contribution in [3.8, 4) is 0 Å². The van der Waals surface area contributed by atoms with Gasteiger partial charge in [-0.05, 0) is 38.8 Å². The van der Waals surface area contributed by atoms with Gasteiger partial charge in [0.15, 0.2) is 0 Å². The molecule has 1 rings (SSSR count). The van der Waals surface area contributed by atoms with Gasteiger partial charge in [-0.1, -0.05) is 30.3 Å². The van der Waals surface area contributed by atoms with Crippen molar-refractivity contribution in [2.75, 3.05) is 7.11 Å². The van der Waals surface area contributed by atoms with Gasteiger partial charge in [0.1, 0.15) is 5.60 Å². The second-order valence-corrected chi connectivity index (χ2v) is 5.51. The standard InChI is InChI=1S/C16H23NO3/c1-16(2,3)20-15(18)17-14(10-11-19-4)12-13-8-6-5-7-9-13/h5-11,14H,12H2,1-4H3,(H,17,18)/b11-10-/t14-/m1/s1. The van der Waals surface area contributed by atoms with Gasteiger partial charge in [0, 0.05) is 0 Å². The summed E-state index contributed by atoms with van der Waals surface area (Å²) in [6, 6.07) is 9.77. The average molecular weight is 277 g/mol. The number of nitrogens with one attached hydrogen (secondary N) is 1. The van der Waals surface area contributed by atoms with E-state index in [9.17, 15) is 4.79 Å². The van der Waals surface area contributed by atoms with Crippen molar-refractivity contribution in [1.29, 1.82) is 0 Å². The molecule has 0 radical (unpaired) electrons. The van der Waals surface area contributed by atoms with E-state index in [0.717, 1.165) is 5.56 Å². The normalized spacial score (nSPS) is 13.0. The summed E-state index contributed by atoms with van der Waals surface area (Å²) >= 11 is 0. The largest absolute Gasteiger partial charge is 0.505 e. The van der Waals surface area contributed by atoms with Crippen molar-refractivity contribution >= 4 is 6.09 Å². The van der Waals surface area contributed by atoms with Crippen LogP contribution in [0.1, 0.15) is 26.3 Å². The number of alkyl carbamates (subject to hydrolysis) is 1. The molecule has 0 bridgehead atoms. The van der Waals surface area contributed by atoms with Gasteiger partial charge in [-0.15, -0.1) is 0 Å². The highest BCUT2D eigenvalue weighted by Gasteiger charge is 2.18. The van der Waals surface area contributed by atoms with Crippen molar-refractivity contribution in [1.82, 2.24) is 5.32 Å². The third kappa shape index (κ3) is 6.83. The molecule has 0 unspecified atom stereocenters. The molecule has 1 amide bonds. The highest BCUT2D eigenvalue weighted by Crippen LogP contribution is 2.09. The van der Waals surface area contributed by atoms with E-state index in [1.165, 1.54) is 0 Å². The summed E-state index contributed by atoms with van der Waals surface area (Å²) in [6.45, 7) is 5.51. The highest BCUT2D eigenvalue weighted by molar-refractivity contribution is 5.68. The van der Waals surface area contributed by atoms with E-state index < -0.39 is 11.7 Å². The number of carbonyl (C=O) groups is 1. The van der Waals surface area contributed by atoms with E-state index in [1.807, 2.05) is 51.1 Å². The second kappa shape index (κ2) is 7.58. The molecule has 1 aromatic rings. The number of amides is 1. The summed E-state index contributed by atoms with van der Waals surface area (Å²) in [5.74, 6) is 0. The van der Waals surface area contributed by atoms with Gasteiger partial charge in [0.05, 0.1) is 19.4 Å². The van der Waals surface area contributed by atoms with E-state index in [-0.39, 0.29) is 6.04 Å². The van der Waals surface area contributed by atoms with Gasteiger partial charge in [-0.25, -0.2) is 4.79 Å². The lowest BCUT2D eigenvalue weighted by Gasteiger charge is -2.22. The fourth-order valence-corrected chi connectivity index (χ4v) is 1.67. The second-order valence-electron chi connectivity index (χ2n) is 5.51. The van der Waals surface area contributed by atoms with Crippen LogP contribution in [0.3, 0.4) is 0 Å². The van der Waals surface area contributed by atoms with Gasteiger partial charge >= 0.3 is 6.09 Å². The molecule has 0 aliphatic heterocycles. The van der Waals surface area contributed by atoms with Crippen LogP contribution in [0.2, 0.25) is 0 Å². The van der Waals surface area contributed by atoms with E-state index in [4.69, 9.17) is 9.47 Å². The Morgan fingerprint density at radius 1 is 1.30 bits per heavy atom. The quantitative estimate of drug-likeness (QED) is 0.840. The molecule has 0 aliphatic rings. The van der Waals surface area contributed by atoms with Crippen LogP contribution in [0, 0.1) is 0 Å². The Bertz CT molecular complexity index is 435. The maximum atomic E-state index is 11.8. The Morgan fingerprint density at radius 2 is 1.95 bits per heavy atom. The van der Waals surface area contributed by atoms with Crippen molar-refractivity contribution in [2.45, 2.75) is 38.8 Å². The van der Waals surface area contributed by atoms with Crippen LogP contribution in [0.4, 0.5) is 4.79 Å².